The van der Waals surface area contributed by atoms with Crippen LogP contribution >= 0.6 is 0 Å². The Labute approximate surface area is 285 Å². The van der Waals surface area contributed by atoms with Crippen molar-refractivity contribution in [3.63, 3.8) is 0 Å². The van der Waals surface area contributed by atoms with Gasteiger partial charge in [-0.15, -0.1) is 0 Å². The van der Waals surface area contributed by atoms with Crippen molar-refractivity contribution in [2.24, 2.45) is 0 Å². The van der Waals surface area contributed by atoms with Crippen molar-refractivity contribution < 1.29 is 0 Å². The molecule has 11 rings (SSSR count). The van der Waals surface area contributed by atoms with Gasteiger partial charge in [-0.1, -0.05) is 121 Å². The highest BCUT2D eigenvalue weighted by atomic mass is 15.2. The zero-order valence-corrected chi connectivity index (χ0v) is 26.7. The van der Waals surface area contributed by atoms with Crippen molar-refractivity contribution in [2.45, 2.75) is 0 Å². The molecule has 0 saturated heterocycles. The van der Waals surface area contributed by atoms with Gasteiger partial charge in [0, 0.05) is 49.6 Å². The van der Waals surface area contributed by atoms with Crippen molar-refractivity contribution in [2.75, 3.05) is 0 Å². The van der Waals surface area contributed by atoms with Gasteiger partial charge in [0.1, 0.15) is 5.65 Å². The summed E-state index contributed by atoms with van der Waals surface area (Å²) in [4.78, 5) is 20.0. The number of hydrogen-bond donors (Lipinski definition) is 0. The predicted octanol–water partition coefficient (Wildman–Crippen LogP) is 10.5. The first kappa shape index (κ1) is 27.1. The highest BCUT2D eigenvalue weighted by Crippen LogP contribution is 2.42. The van der Waals surface area contributed by atoms with Crippen LogP contribution in [0.25, 0.3) is 99.9 Å². The third kappa shape index (κ3) is 3.78. The molecule has 6 aromatic carbocycles. The molecule has 6 heteroatoms. The Bertz CT molecular complexity index is 3030. The van der Waals surface area contributed by atoms with E-state index in [2.05, 4.69) is 124 Å². The fourth-order valence-electron chi connectivity index (χ4n) is 7.83. The Hall–Kier alpha value is -6.92. The lowest BCUT2D eigenvalue weighted by Crippen LogP contribution is -2.06. The first-order chi connectivity index (χ1) is 24.8. The van der Waals surface area contributed by atoms with Crippen LogP contribution in [0.15, 0.2) is 158 Å². The van der Waals surface area contributed by atoms with Crippen molar-refractivity contribution in [1.82, 2.24) is 28.9 Å². The third-order valence-electron chi connectivity index (χ3n) is 9.99. The fourth-order valence-corrected chi connectivity index (χ4v) is 7.83. The largest absolute Gasteiger partial charge is 0.293 e. The number of fused-ring (bicyclic) bond motifs is 9. The monoisotopic (exact) mass is 638 g/mol. The Morgan fingerprint density at radius 3 is 1.74 bits per heavy atom. The Kier molecular flexibility index (Phi) is 5.57. The summed E-state index contributed by atoms with van der Waals surface area (Å²) in [6.07, 6.45) is 1.88. The normalized spacial score (nSPS) is 12.0. The highest BCUT2D eigenvalue weighted by Gasteiger charge is 2.21. The van der Waals surface area contributed by atoms with E-state index in [1.807, 2.05) is 42.6 Å². The smallest absolute Gasteiger partial charge is 0.238 e. The molecule has 0 atom stereocenters. The topological polar surface area (TPSA) is 60.9 Å². The molecule has 232 valence electrons. The molecule has 0 aliphatic rings. The molecule has 6 nitrogen and oxygen atoms in total. The molecule has 11 aromatic rings. The molecular formula is C44H26N6. The Morgan fingerprint density at radius 2 is 0.980 bits per heavy atom. The number of pyridine rings is 1. The summed E-state index contributed by atoms with van der Waals surface area (Å²) < 4.78 is 4.47. The number of hydrogen-bond acceptors (Lipinski definition) is 4. The second kappa shape index (κ2) is 10.3. The summed E-state index contributed by atoms with van der Waals surface area (Å²) in [6, 6.07) is 52.9. The molecular weight excluding hydrogens is 613 g/mol. The van der Waals surface area contributed by atoms with Crippen LogP contribution in [-0.2, 0) is 0 Å². The number of aromatic nitrogens is 6. The average Bonchev–Trinajstić information content (AvgIpc) is 3.84. The zero-order valence-electron chi connectivity index (χ0n) is 26.7. The minimum Gasteiger partial charge on any atom is -0.293 e. The number of benzene rings is 6. The van der Waals surface area contributed by atoms with Crippen molar-refractivity contribution in [1.29, 1.82) is 0 Å². The maximum atomic E-state index is 5.14. The van der Waals surface area contributed by atoms with Crippen LogP contribution in [0, 0.1) is 0 Å². The second-order valence-corrected chi connectivity index (χ2v) is 12.7. The van der Waals surface area contributed by atoms with Crippen LogP contribution in [0.4, 0.5) is 0 Å². The van der Waals surface area contributed by atoms with Crippen molar-refractivity contribution in [3.05, 3.63) is 158 Å². The van der Waals surface area contributed by atoms with E-state index in [4.69, 9.17) is 19.9 Å². The summed E-state index contributed by atoms with van der Waals surface area (Å²) >= 11 is 0. The van der Waals surface area contributed by atoms with E-state index in [-0.39, 0.29) is 0 Å². The average molecular weight is 639 g/mol. The molecule has 0 spiro atoms. The van der Waals surface area contributed by atoms with E-state index in [0.29, 0.717) is 17.6 Å². The van der Waals surface area contributed by atoms with E-state index < -0.39 is 0 Å². The first-order valence-electron chi connectivity index (χ1n) is 16.7. The maximum Gasteiger partial charge on any atom is 0.238 e. The molecule has 0 radical (unpaired) electrons. The van der Waals surface area contributed by atoms with Gasteiger partial charge in [0.25, 0.3) is 0 Å². The molecule has 0 aliphatic carbocycles. The van der Waals surface area contributed by atoms with Crippen molar-refractivity contribution in [3.8, 4) is 39.9 Å². The molecule has 5 aromatic heterocycles. The summed E-state index contributed by atoms with van der Waals surface area (Å²) in [5, 5.41) is 7.20. The predicted molar refractivity (Wildman–Crippen MR) is 203 cm³/mol. The molecule has 0 N–H and O–H groups in total. The lowest BCUT2D eigenvalue weighted by Gasteiger charge is -2.11. The third-order valence-corrected chi connectivity index (χ3v) is 9.99. The number of nitrogens with zero attached hydrogens (tertiary/aromatic N) is 6. The van der Waals surface area contributed by atoms with E-state index in [1.165, 1.54) is 32.6 Å². The van der Waals surface area contributed by atoms with Crippen LogP contribution in [0.5, 0.6) is 0 Å². The van der Waals surface area contributed by atoms with E-state index >= 15 is 0 Å². The molecule has 0 bridgehead atoms. The van der Waals surface area contributed by atoms with E-state index in [0.717, 1.165) is 49.7 Å². The molecule has 50 heavy (non-hydrogen) atoms. The van der Waals surface area contributed by atoms with Crippen LogP contribution in [0.2, 0.25) is 0 Å². The molecule has 0 amide bonds. The van der Waals surface area contributed by atoms with Gasteiger partial charge in [-0.3, -0.25) is 8.97 Å². The van der Waals surface area contributed by atoms with Gasteiger partial charge in [0.2, 0.25) is 5.95 Å². The van der Waals surface area contributed by atoms with E-state index in [1.54, 1.807) is 0 Å². The summed E-state index contributed by atoms with van der Waals surface area (Å²) in [7, 11) is 0. The van der Waals surface area contributed by atoms with Crippen LogP contribution in [-0.4, -0.2) is 28.9 Å². The fraction of sp³-hybridized carbons (Fsp3) is 0. The molecule has 0 unspecified atom stereocenters. The first-order valence-corrected chi connectivity index (χ1v) is 16.7. The van der Waals surface area contributed by atoms with Gasteiger partial charge in [-0.05, 0) is 41.5 Å². The van der Waals surface area contributed by atoms with Crippen LogP contribution in [0.3, 0.4) is 0 Å². The van der Waals surface area contributed by atoms with Gasteiger partial charge in [-0.25, -0.2) is 9.97 Å². The van der Waals surface area contributed by atoms with Crippen molar-refractivity contribution >= 4 is 60.0 Å². The lowest BCUT2D eigenvalue weighted by atomic mass is 9.98. The standard InChI is InChI=1S/C44H26N6/c1-2-11-28(12-3-1)41-46-42(48-44(47-41)49-36-19-6-4-13-31(36)32-14-5-7-20-37(32)49)29-24-22-27(23-25-29)30-15-9-21-38-39(30)35-17-8-16-33-34-18-10-26-45-43(34)50(38)40(33)35/h1-26H. The second-order valence-electron chi connectivity index (χ2n) is 12.7. The summed E-state index contributed by atoms with van der Waals surface area (Å²) in [5.41, 5.74) is 9.66. The molecule has 0 fully saturated rings. The molecule has 0 saturated carbocycles. The quantitative estimate of drug-likeness (QED) is 0.192. The zero-order chi connectivity index (χ0) is 32.8. The Balaban J connectivity index is 1.10. The lowest BCUT2D eigenvalue weighted by molar-refractivity contribution is 0.953. The highest BCUT2D eigenvalue weighted by molar-refractivity contribution is 6.25. The number of para-hydroxylation sites is 3. The minimum atomic E-state index is 0.590. The summed E-state index contributed by atoms with van der Waals surface area (Å²) in [6.45, 7) is 0. The summed E-state index contributed by atoms with van der Waals surface area (Å²) in [5.74, 6) is 1.85. The SMILES string of the molecule is c1ccc(-c2nc(-c3ccc(-c4cccc5c4c4cccc6c7cccnc7n5c64)cc3)nc(-n3c4ccccc4c4ccccc43)n2)cc1. The van der Waals surface area contributed by atoms with Gasteiger partial charge in [0.15, 0.2) is 11.6 Å². The molecule has 0 aliphatic heterocycles. The van der Waals surface area contributed by atoms with Crippen LogP contribution < -0.4 is 0 Å². The van der Waals surface area contributed by atoms with Gasteiger partial charge in [0.05, 0.1) is 22.1 Å². The maximum absolute atomic E-state index is 5.14. The Morgan fingerprint density at radius 1 is 0.400 bits per heavy atom. The number of rotatable bonds is 4. The van der Waals surface area contributed by atoms with Crippen LogP contribution in [0.1, 0.15) is 0 Å². The van der Waals surface area contributed by atoms with E-state index in [9.17, 15) is 0 Å². The van der Waals surface area contributed by atoms with Gasteiger partial charge >= 0.3 is 0 Å². The van der Waals surface area contributed by atoms with Gasteiger partial charge < -0.3 is 0 Å². The molecule has 5 heterocycles. The minimum absolute atomic E-state index is 0.590. The van der Waals surface area contributed by atoms with Gasteiger partial charge in [-0.2, -0.15) is 9.97 Å².